The molecule has 0 atom stereocenters. The van der Waals surface area contributed by atoms with Crippen molar-refractivity contribution in [1.29, 1.82) is 0 Å². The summed E-state index contributed by atoms with van der Waals surface area (Å²) in [5.74, 6) is 0.383. The maximum absolute atomic E-state index is 5.90. The summed E-state index contributed by atoms with van der Waals surface area (Å²) in [4.78, 5) is 8.81. The van der Waals surface area contributed by atoms with E-state index in [2.05, 4.69) is 20.3 Å². The molecule has 2 aromatic heterocycles. The van der Waals surface area contributed by atoms with Crippen LogP contribution in [0.25, 0.3) is 22.4 Å². The average Bonchev–Trinajstić information content (AvgIpc) is 2.74. The van der Waals surface area contributed by atoms with Gasteiger partial charge in [0.2, 0.25) is 0 Å². The van der Waals surface area contributed by atoms with Gasteiger partial charge in [0.1, 0.15) is 11.4 Å². The molecule has 84 valence electrons. The summed E-state index contributed by atoms with van der Waals surface area (Å²) in [7, 11) is 1.79. The monoisotopic (exact) mass is 226 g/mol. The zero-order valence-electron chi connectivity index (χ0n) is 9.20. The Morgan fingerprint density at radius 2 is 1.82 bits per heavy atom. The number of anilines is 1. The van der Waals surface area contributed by atoms with Gasteiger partial charge in [-0.3, -0.25) is 0 Å². The number of para-hydroxylation sites is 2. The van der Waals surface area contributed by atoms with Crippen LogP contribution in [0, 0.1) is 0 Å². The molecule has 0 amide bonds. The Labute approximate surface area is 97.1 Å². The zero-order chi connectivity index (χ0) is 11.8. The smallest absolute Gasteiger partial charge is 0.152 e. The molecule has 0 unspecified atom stereocenters. The lowest BCUT2D eigenvalue weighted by atomic mass is 10.2. The first-order valence-corrected chi connectivity index (χ1v) is 5.13. The van der Waals surface area contributed by atoms with E-state index in [9.17, 15) is 0 Å². The zero-order valence-corrected chi connectivity index (χ0v) is 9.20. The molecule has 1 aromatic carbocycles. The molecule has 0 aliphatic heterocycles. The van der Waals surface area contributed by atoms with Gasteiger partial charge in [0.15, 0.2) is 5.82 Å². The molecule has 2 heterocycles. The molecule has 0 saturated carbocycles. The van der Waals surface area contributed by atoms with Crippen molar-refractivity contribution in [2.45, 2.75) is 0 Å². The van der Waals surface area contributed by atoms with E-state index in [0.717, 1.165) is 16.7 Å². The highest BCUT2D eigenvalue weighted by Crippen LogP contribution is 2.23. The molecule has 3 rings (SSSR count). The van der Waals surface area contributed by atoms with Crippen molar-refractivity contribution in [2.75, 3.05) is 5.73 Å². The summed E-state index contributed by atoms with van der Waals surface area (Å²) in [6, 6.07) is 7.60. The summed E-state index contributed by atoms with van der Waals surface area (Å²) in [5.41, 5.74) is 8.85. The lowest BCUT2D eigenvalue weighted by Gasteiger charge is -2.05. The molecule has 0 saturated heterocycles. The Morgan fingerprint density at radius 3 is 2.47 bits per heavy atom. The van der Waals surface area contributed by atoms with Crippen molar-refractivity contribution >= 4 is 16.9 Å². The Kier molecular flexibility index (Phi) is 2.01. The number of hydrogen-bond acceptors (Lipinski definition) is 5. The SMILES string of the molecule is Cn1nncc1-c1nc2ccccc2nc1N. The van der Waals surface area contributed by atoms with Crippen molar-refractivity contribution in [3.8, 4) is 11.4 Å². The van der Waals surface area contributed by atoms with Gasteiger partial charge < -0.3 is 5.73 Å². The topological polar surface area (TPSA) is 82.5 Å². The molecule has 0 aliphatic carbocycles. The molecule has 17 heavy (non-hydrogen) atoms. The summed E-state index contributed by atoms with van der Waals surface area (Å²) in [6.45, 7) is 0. The molecule has 0 fully saturated rings. The Morgan fingerprint density at radius 1 is 1.12 bits per heavy atom. The van der Waals surface area contributed by atoms with Gasteiger partial charge in [-0.15, -0.1) is 5.10 Å². The molecule has 0 radical (unpaired) electrons. The van der Waals surface area contributed by atoms with Gasteiger partial charge in [-0.1, -0.05) is 17.3 Å². The molecule has 2 N–H and O–H groups in total. The number of benzene rings is 1. The third-order valence-electron chi connectivity index (χ3n) is 2.55. The molecule has 6 heteroatoms. The standard InChI is InChI=1S/C11H10N6/c1-17-9(6-13-16-17)10-11(12)15-8-5-3-2-4-7(8)14-10/h2-6H,1H3,(H2,12,15). The normalized spacial score (nSPS) is 10.9. The van der Waals surface area contributed by atoms with Crippen molar-refractivity contribution in [1.82, 2.24) is 25.0 Å². The van der Waals surface area contributed by atoms with Gasteiger partial charge in [-0.25, -0.2) is 14.6 Å². The highest BCUT2D eigenvalue weighted by molar-refractivity contribution is 5.81. The lowest BCUT2D eigenvalue weighted by molar-refractivity contribution is 0.719. The third kappa shape index (κ3) is 1.50. The summed E-state index contributed by atoms with van der Waals surface area (Å²) >= 11 is 0. The van der Waals surface area contributed by atoms with Gasteiger partial charge in [0, 0.05) is 7.05 Å². The highest BCUT2D eigenvalue weighted by atomic mass is 15.4. The third-order valence-corrected chi connectivity index (χ3v) is 2.55. The van der Waals surface area contributed by atoms with Crippen LogP contribution in [0.5, 0.6) is 0 Å². The second-order valence-corrected chi connectivity index (χ2v) is 3.69. The second-order valence-electron chi connectivity index (χ2n) is 3.69. The van der Waals surface area contributed by atoms with E-state index in [1.54, 1.807) is 17.9 Å². The predicted octanol–water partition coefficient (Wildman–Crippen LogP) is 1.01. The van der Waals surface area contributed by atoms with Crippen LogP contribution >= 0.6 is 0 Å². The molecule has 0 spiro atoms. The van der Waals surface area contributed by atoms with Crippen LogP contribution < -0.4 is 5.73 Å². The van der Waals surface area contributed by atoms with Crippen molar-refractivity contribution in [2.24, 2.45) is 7.05 Å². The van der Waals surface area contributed by atoms with E-state index >= 15 is 0 Å². The van der Waals surface area contributed by atoms with Crippen LogP contribution in [-0.2, 0) is 7.05 Å². The fourth-order valence-electron chi connectivity index (χ4n) is 1.71. The molecule has 3 aromatic rings. The first-order valence-electron chi connectivity index (χ1n) is 5.13. The number of nitrogens with two attached hydrogens (primary N) is 1. The minimum atomic E-state index is 0.383. The summed E-state index contributed by atoms with van der Waals surface area (Å²) < 4.78 is 1.62. The first-order chi connectivity index (χ1) is 8.25. The van der Waals surface area contributed by atoms with Crippen molar-refractivity contribution in [3.05, 3.63) is 30.5 Å². The second kappa shape index (κ2) is 3.51. The number of fused-ring (bicyclic) bond motifs is 1. The minimum Gasteiger partial charge on any atom is -0.382 e. The van der Waals surface area contributed by atoms with E-state index in [1.807, 2.05) is 24.3 Å². The number of aromatic nitrogens is 5. The quantitative estimate of drug-likeness (QED) is 0.669. The van der Waals surface area contributed by atoms with Crippen LogP contribution in [0.2, 0.25) is 0 Å². The maximum atomic E-state index is 5.90. The van der Waals surface area contributed by atoms with Gasteiger partial charge in [0.05, 0.1) is 17.2 Å². The summed E-state index contributed by atoms with van der Waals surface area (Å²) in [6.07, 6.45) is 1.62. The first kappa shape index (κ1) is 9.71. The van der Waals surface area contributed by atoms with Crippen molar-refractivity contribution in [3.63, 3.8) is 0 Å². The Balaban J connectivity index is 2.30. The van der Waals surface area contributed by atoms with E-state index in [4.69, 9.17) is 5.73 Å². The van der Waals surface area contributed by atoms with Crippen LogP contribution in [0.3, 0.4) is 0 Å². The molecular weight excluding hydrogens is 216 g/mol. The molecular formula is C11H10N6. The van der Waals surface area contributed by atoms with Crippen LogP contribution in [0.15, 0.2) is 30.5 Å². The minimum absolute atomic E-state index is 0.383. The van der Waals surface area contributed by atoms with Crippen LogP contribution in [-0.4, -0.2) is 25.0 Å². The number of rotatable bonds is 1. The molecule has 0 aliphatic rings. The predicted molar refractivity (Wildman–Crippen MR) is 63.9 cm³/mol. The van der Waals surface area contributed by atoms with Gasteiger partial charge in [0.25, 0.3) is 0 Å². The fourth-order valence-corrected chi connectivity index (χ4v) is 1.71. The Hall–Kier alpha value is -2.50. The van der Waals surface area contributed by atoms with E-state index in [-0.39, 0.29) is 0 Å². The summed E-state index contributed by atoms with van der Waals surface area (Å²) in [5, 5.41) is 7.67. The number of nitrogen functional groups attached to an aromatic ring is 1. The van der Waals surface area contributed by atoms with E-state index < -0.39 is 0 Å². The average molecular weight is 226 g/mol. The van der Waals surface area contributed by atoms with E-state index in [1.165, 1.54) is 0 Å². The van der Waals surface area contributed by atoms with Crippen LogP contribution in [0.1, 0.15) is 0 Å². The number of nitrogens with zero attached hydrogens (tertiary/aromatic N) is 5. The van der Waals surface area contributed by atoms with E-state index in [0.29, 0.717) is 11.5 Å². The highest BCUT2D eigenvalue weighted by Gasteiger charge is 2.11. The maximum Gasteiger partial charge on any atom is 0.152 e. The lowest BCUT2D eigenvalue weighted by Crippen LogP contribution is -2.02. The molecule has 6 nitrogen and oxygen atoms in total. The fraction of sp³-hybridized carbons (Fsp3) is 0.0909. The number of hydrogen-bond donors (Lipinski definition) is 1. The molecule has 0 bridgehead atoms. The largest absolute Gasteiger partial charge is 0.382 e. The van der Waals surface area contributed by atoms with Crippen LogP contribution in [0.4, 0.5) is 5.82 Å². The Bertz CT molecular complexity index is 687. The van der Waals surface area contributed by atoms with Gasteiger partial charge in [-0.05, 0) is 12.1 Å². The van der Waals surface area contributed by atoms with Crippen molar-refractivity contribution < 1.29 is 0 Å². The number of aryl methyl sites for hydroxylation is 1. The van der Waals surface area contributed by atoms with Gasteiger partial charge in [-0.2, -0.15) is 0 Å². The van der Waals surface area contributed by atoms with Gasteiger partial charge >= 0.3 is 0 Å².